The van der Waals surface area contributed by atoms with Crippen LogP contribution in [0.15, 0.2) is 77.3 Å². The molecule has 0 radical (unpaired) electrons. The van der Waals surface area contributed by atoms with Crippen molar-refractivity contribution >= 4 is 39.1 Å². The van der Waals surface area contributed by atoms with Crippen molar-refractivity contribution in [2.75, 3.05) is 6.61 Å². The van der Waals surface area contributed by atoms with Gasteiger partial charge in [-0.1, -0.05) is 51.8 Å². The van der Waals surface area contributed by atoms with Crippen LogP contribution in [0.5, 0.6) is 11.5 Å². The average Bonchev–Trinajstić information content (AvgIpc) is 2.74. The van der Waals surface area contributed by atoms with Gasteiger partial charge in [-0.15, -0.1) is 0 Å². The van der Waals surface area contributed by atoms with E-state index in [2.05, 4.69) is 15.9 Å². The molecule has 4 nitrogen and oxygen atoms in total. The minimum Gasteiger partial charge on any atom is -0.489 e. The Kier molecular flexibility index (Phi) is 7.77. The van der Waals surface area contributed by atoms with Crippen molar-refractivity contribution in [3.63, 3.8) is 0 Å². The highest BCUT2D eigenvalue weighted by Gasteiger charge is 2.14. The van der Waals surface area contributed by atoms with Crippen LogP contribution < -0.4 is 9.47 Å². The molecule has 0 fully saturated rings. The molecule has 0 aliphatic rings. The number of carboxylic acid groups (broad SMARTS) is 1. The molecule has 3 aromatic rings. The standard InChI is InChI=1S/C25H22BrClO4/c1-16-15-22(11-12-24(16)31-17(2)25(28)29)30-14-13-23(18-3-7-20(26)8-4-18)19-5-9-21(27)10-6-19/h3-13,15,17H,14H2,1-2H3,(H,28,29)/b23-13-. The van der Waals surface area contributed by atoms with Gasteiger partial charge in [0.05, 0.1) is 0 Å². The van der Waals surface area contributed by atoms with Gasteiger partial charge in [-0.2, -0.15) is 0 Å². The molecular formula is C25H22BrClO4. The summed E-state index contributed by atoms with van der Waals surface area (Å²) in [5.41, 5.74) is 3.95. The molecular weight excluding hydrogens is 480 g/mol. The number of benzene rings is 3. The Morgan fingerprint density at radius 3 is 2.26 bits per heavy atom. The lowest BCUT2D eigenvalue weighted by Crippen LogP contribution is -2.23. The van der Waals surface area contributed by atoms with E-state index in [1.54, 1.807) is 12.1 Å². The van der Waals surface area contributed by atoms with E-state index in [9.17, 15) is 4.79 Å². The molecule has 3 aromatic carbocycles. The van der Waals surface area contributed by atoms with Crippen LogP contribution in [0.3, 0.4) is 0 Å². The monoisotopic (exact) mass is 500 g/mol. The van der Waals surface area contributed by atoms with E-state index < -0.39 is 12.1 Å². The summed E-state index contributed by atoms with van der Waals surface area (Å²) >= 11 is 9.53. The van der Waals surface area contributed by atoms with Gasteiger partial charge < -0.3 is 14.6 Å². The molecule has 1 N–H and O–H groups in total. The van der Waals surface area contributed by atoms with Crippen LogP contribution in [0, 0.1) is 6.92 Å². The molecule has 0 bridgehead atoms. The van der Waals surface area contributed by atoms with Gasteiger partial charge in [0.1, 0.15) is 18.1 Å². The Morgan fingerprint density at radius 2 is 1.68 bits per heavy atom. The van der Waals surface area contributed by atoms with Crippen molar-refractivity contribution in [2.45, 2.75) is 20.0 Å². The molecule has 1 atom stereocenters. The van der Waals surface area contributed by atoms with E-state index in [-0.39, 0.29) is 0 Å². The summed E-state index contributed by atoms with van der Waals surface area (Å²) in [7, 11) is 0. The minimum absolute atomic E-state index is 0.360. The number of hydrogen-bond donors (Lipinski definition) is 1. The lowest BCUT2D eigenvalue weighted by Gasteiger charge is -2.14. The van der Waals surface area contributed by atoms with Gasteiger partial charge >= 0.3 is 5.97 Å². The van der Waals surface area contributed by atoms with Crippen molar-refractivity contribution in [3.05, 3.63) is 99.0 Å². The van der Waals surface area contributed by atoms with Gasteiger partial charge in [-0.25, -0.2) is 4.79 Å². The maximum absolute atomic E-state index is 11.0. The molecule has 3 rings (SSSR count). The molecule has 1 unspecified atom stereocenters. The zero-order valence-corrected chi connectivity index (χ0v) is 19.5. The second-order valence-corrected chi connectivity index (χ2v) is 8.32. The van der Waals surface area contributed by atoms with Gasteiger partial charge in [0, 0.05) is 9.50 Å². The number of carboxylic acids is 1. The molecule has 0 saturated carbocycles. The van der Waals surface area contributed by atoms with Crippen molar-refractivity contribution < 1.29 is 19.4 Å². The quantitative estimate of drug-likeness (QED) is 0.370. The van der Waals surface area contributed by atoms with Crippen LogP contribution in [-0.4, -0.2) is 23.8 Å². The summed E-state index contributed by atoms with van der Waals surface area (Å²) in [5.74, 6) is 0.192. The topological polar surface area (TPSA) is 55.8 Å². The first kappa shape index (κ1) is 22.9. The molecule has 0 amide bonds. The van der Waals surface area contributed by atoms with E-state index in [1.165, 1.54) is 6.92 Å². The fourth-order valence-corrected chi connectivity index (χ4v) is 3.36. The second kappa shape index (κ2) is 10.5. The molecule has 0 aliphatic heterocycles. The third kappa shape index (κ3) is 6.36. The smallest absolute Gasteiger partial charge is 0.344 e. The maximum Gasteiger partial charge on any atom is 0.344 e. The molecule has 6 heteroatoms. The van der Waals surface area contributed by atoms with Gasteiger partial charge in [0.25, 0.3) is 0 Å². The SMILES string of the molecule is Cc1cc(OC/C=C(\c2ccc(Cl)cc2)c2ccc(Br)cc2)ccc1OC(C)C(=O)O. The largest absolute Gasteiger partial charge is 0.489 e. The fraction of sp³-hybridized carbons (Fsp3) is 0.160. The normalized spacial score (nSPS) is 12.3. The van der Waals surface area contributed by atoms with E-state index >= 15 is 0 Å². The van der Waals surface area contributed by atoms with E-state index in [0.29, 0.717) is 23.1 Å². The van der Waals surface area contributed by atoms with Crippen LogP contribution in [0.1, 0.15) is 23.6 Å². The van der Waals surface area contributed by atoms with Crippen LogP contribution in [0.2, 0.25) is 5.02 Å². The first-order chi connectivity index (χ1) is 14.8. The number of ether oxygens (including phenoxy) is 2. The van der Waals surface area contributed by atoms with Gasteiger partial charge in [0.15, 0.2) is 6.10 Å². The van der Waals surface area contributed by atoms with Gasteiger partial charge in [-0.3, -0.25) is 0 Å². The summed E-state index contributed by atoms with van der Waals surface area (Å²) in [5, 5.41) is 9.69. The van der Waals surface area contributed by atoms with Crippen molar-refractivity contribution in [3.8, 4) is 11.5 Å². The molecule has 0 saturated heterocycles. The molecule has 0 aliphatic carbocycles. The average molecular weight is 502 g/mol. The Labute approximate surface area is 195 Å². The second-order valence-electron chi connectivity index (χ2n) is 6.97. The third-order valence-electron chi connectivity index (χ3n) is 4.65. The van der Waals surface area contributed by atoms with Crippen molar-refractivity contribution in [1.82, 2.24) is 0 Å². The van der Waals surface area contributed by atoms with Crippen LogP contribution in [-0.2, 0) is 4.79 Å². The number of rotatable bonds is 8. The van der Waals surface area contributed by atoms with Crippen LogP contribution >= 0.6 is 27.5 Å². The molecule has 31 heavy (non-hydrogen) atoms. The predicted molar refractivity (Wildman–Crippen MR) is 127 cm³/mol. The lowest BCUT2D eigenvalue weighted by atomic mass is 9.98. The number of halogens is 2. The van der Waals surface area contributed by atoms with E-state index in [0.717, 1.165) is 26.7 Å². The zero-order chi connectivity index (χ0) is 22.4. The first-order valence-corrected chi connectivity index (χ1v) is 10.9. The Morgan fingerprint density at radius 1 is 1.06 bits per heavy atom. The Hall–Kier alpha value is -2.76. The highest BCUT2D eigenvalue weighted by molar-refractivity contribution is 9.10. The number of hydrogen-bond acceptors (Lipinski definition) is 3. The van der Waals surface area contributed by atoms with Crippen LogP contribution in [0.4, 0.5) is 0 Å². The summed E-state index contributed by atoms with van der Waals surface area (Å²) in [6, 6.07) is 21.1. The van der Waals surface area contributed by atoms with E-state index in [1.807, 2.05) is 67.6 Å². The highest BCUT2D eigenvalue weighted by Crippen LogP contribution is 2.27. The lowest BCUT2D eigenvalue weighted by molar-refractivity contribution is -0.144. The number of aryl methyl sites for hydroxylation is 1. The first-order valence-electron chi connectivity index (χ1n) is 9.68. The minimum atomic E-state index is -1.01. The Balaban J connectivity index is 1.78. The van der Waals surface area contributed by atoms with Gasteiger partial charge in [-0.05, 0) is 84.7 Å². The number of aliphatic carboxylic acids is 1. The highest BCUT2D eigenvalue weighted by atomic mass is 79.9. The number of carbonyl (C=O) groups is 1. The summed E-state index contributed by atoms with van der Waals surface area (Å²) in [6.45, 7) is 3.71. The summed E-state index contributed by atoms with van der Waals surface area (Å²) < 4.78 is 12.4. The fourth-order valence-electron chi connectivity index (χ4n) is 2.97. The zero-order valence-electron chi connectivity index (χ0n) is 17.1. The molecule has 160 valence electrons. The van der Waals surface area contributed by atoms with Crippen LogP contribution in [0.25, 0.3) is 5.57 Å². The van der Waals surface area contributed by atoms with E-state index in [4.69, 9.17) is 26.2 Å². The predicted octanol–water partition coefficient (Wildman–Crippen LogP) is 6.77. The van der Waals surface area contributed by atoms with Crippen molar-refractivity contribution in [2.24, 2.45) is 0 Å². The molecule has 0 aromatic heterocycles. The third-order valence-corrected chi connectivity index (χ3v) is 5.43. The van der Waals surface area contributed by atoms with Crippen molar-refractivity contribution in [1.29, 1.82) is 0 Å². The molecule has 0 heterocycles. The summed E-state index contributed by atoms with van der Waals surface area (Å²) in [6.07, 6.45) is 1.11. The molecule has 0 spiro atoms. The summed E-state index contributed by atoms with van der Waals surface area (Å²) in [4.78, 5) is 11.0. The van der Waals surface area contributed by atoms with Gasteiger partial charge in [0.2, 0.25) is 0 Å². The Bertz CT molecular complexity index is 1030. The maximum atomic E-state index is 11.0.